The number of hydrogen-bond acceptors (Lipinski definition) is 4. The Balaban J connectivity index is 1.82. The summed E-state index contributed by atoms with van der Waals surface area (Å²) in [4.78, 5) is 9.11. The van der Waals surface area contributed by atoms with Crippen molar-refractivity contribution >= 4 is 11.8 Å². The van der Waals surface area contributed by atoms with Gasteiger partial charge in [0.05, 0.1) is 0 Å². The SMILES string of the molecule is Cc1nc(SCCC2CCNCC2)nc(C)c1C. The molecule has 2 rings (SSSR count). The lowest BCUT2D eigenvalue weighted by Gasteiger charge is -2.22. The molecule has 0 aromatic carbocycles. The molecule has 100 valence electrons. The average molecular weight is 265 g/mol. The van der Waals surface area contributed by atoms with Crippen LogP contribution in [0.2, 0.25) is 0 Å². The summed E-state index contributed by atoms with van der Waals surface area (Å²) >= 11 is 1.81. The summed E-state index contributed by atoms with van der Waals surface area (Å²) in [5.74, 6) is 2.04. The highest BCUT2D eigenvalue weighted by Crippen LogP contribution is 2.22. The quantitative estimate of drug-likeness (QED) is 0.671. The first-order valence-corrected chi connectivity index (χ1v) is 7.80. The standard InChI is InChI=1S/C14H23N3S/c1-10-11(2)16-14(17-12(10)3)18-9-6-13-4-7-15-8-5-13/h13,15H,4-9H2,1-3H3. The van der Waals surface area contributed by atoms with Gasteiger partial charge in [-0.1, -0.05) is 11.8 Å². The minimum atomic E-state index is 0.895. The molecule has 0 bridgehead atoms. The first kappa shape index (κ1) is 13.8. The Labute approximate surface area is 114 Å². The van der Waals surface area contributed by atoms with Crippen LogP contribution in [0.25, 0.3) is 0 Å². The fourth-order valence-corrected chi connectivity index (χ4v) is 3.33. The second kappa shape index (κ2) is 6.53. The van der Waals surface area contributed by atoms with Gasteiger partial charge in [-0.05, 0) is 64.6 Å². The molecule has 0 saturated carbocycles. The summed E-state index contributed by atoms with van der Waals surface area (Å²) in [5, 5.41) is 4.36. The minimum Gasteiger partial charge on any atom is -0.317 e. The molecule has 1 N–H and O–H groups in total. The van der Waals surface area contributed by atoms with Crippen LogP contribution in [0.5, 0.6) is 0 Å². The van der Waals surface area contributed by atoms with E-state index in [0.29, 0.717) is 0 Å². The monoisotopic (exact) mass is 265 g/mol. The molecule has 1 saturated heterocycles. The molecule has 0 aliphatic carbocycles. The van der Waals surface area contributed by atoms with E-state index in [1.54, 1.807) is 0 Å². The van der Waals surface area contributed by atoms with E-state index >= 15 is 0 Å². The highest BCUT2D eigenvalue weighted by Gasteiger charge is 2.13. The molecule has 2 heterocycles. The molecule has 0 radical (unpaired) electrons. The topological polar surface area (TPSA) is 37.8 Å². The van der Waals surface area contributed by atoms with Gasteiger partial charge in [-0.2, -0.15) is 0 Å². The van der Waals surface area contributed by atoms with Crippen LogP contribution in [-0.4, -0.2) is 28.8 Å². The third kappa shape index (κ3) is 3.69. The van der Waals surface area contributed by atoms with Crippen molar-refractivity contribution in [2.75, 3.05) is 18.8 Å². The number of rotatable bonds is 4. The van der Waals surface area contributed by atoms with Gasteiger partial charge in [0.2, 0.25) is 0 Å². The Bertz CT molecular complexity index is 377. The van der Waals surface area contributed by atoms with Crippen LogP contribution in [-0.2, 0) is 0 Å². The average Bonchev–Trinajstić information content (AvgIpc) is 2.37. The van der Waals surface area contributed by atoms with Crippen LogP contribution in [0, 0.1) is 26.7 Å². The zero-order valence-electron chi connectivity index (χ0n) is 11.6. The molecule has 0 amide bonds. The summed E-state index contributed by atoms with van der Waals surface area (Å²) in [6, 6.07) is 0. The highest BCUT2D eigenvalue weighted by atomic mass is 32.2. The van der Waals surface area contributed by atoms with Crippen LogP contribution < -0.4 is 5.32 Å². The van der Waals surface area contributed by atoms with Crippen molar-refractivity contribution in [1.29, 1.82) is 0 Å². The third-order valence-electron chi connectivity index (χ3n) is 3.83. The molecule has 1 aliphatic rings. The normalized spacial score (nSPS) is 17.1. The zero-order chi connectivity index (χ0) is 13.0. The zero-order valence-corrected chi connectivity index (χ0v) is 12.4. The lowest BCUT2D eigenvalue weighted by atomic mass is 9.96. The maximum absolute atomic E-state index is 4.56. The first-order chi connectivity index (χ1) is 8.66. The summed E-state index contributed by atoms with van der Waals surface area (Å²) < 4.78 is 0. The summed E-state index contributed by atoms with van der Waals surface area (Å²) in [5.41, 5.74) is 3.46. The Hall–Kier alpha value is -0.610. The van der Waals surface area contributed by atoms with Crippen molar-refractivity contribution < 1.29 is 0 Å². The molecule has 0 atom stereocenters. The van der Waals surface area contributed by atoms with Gasteiger partial charge in [0, 0.05) is 17.1 Å². The molecule has 3 nitrogen and oxygen atoms in total. The fourth-order valence-electron chi connectivity index (χ4n) is 2.29. The van der Waals surface area contributed by atoms with Crippen LogP contribution >= 0.6 is 11.8 Å². The van der Waals surface area contributed by atoms with Crippen LogP contribution in [0.3, 0.4) is 0 Å². The van der Waals surface area contributed by atoms with Crippen molar-refractivity contribution in [1.82, 2.24) is 15.3 Å². The number of nitrogens with zero attached hydrogens (tertiary/aromatic N) is 2. The van der Waals surface area contributed by atoms with Gasteiger partial charge >= 0.3 is 0 Å². The molecule has 0 unspecified atom stereocenters. The maximum atomic E-state index is 4.56. The summed E-state index contributed by atoms with van der Waals surface area (Å²) in [6.45, 7) is 8.61. The van der Waals surface area contributed by atoms with Crippen LogP contribution in [0.4, 0.5) is 0 Å². The molecule has 18 heavy (non-hydrogen) atoms. The number of aromatic nitrogens is 2. The van der Waals surface area contributed by atoms with Crippen molar-refractivity contribution in [3.05, 3.63) is 17.0 Å². The van der Waals surface area contributed by atoms with Gasteiger partial charge in [-0.25, -0.2) is 9.97 Å². The third-order valence-corrected chi connectivity index (χ3v) is 4.71. The van der Waals surface area contributed by atoms with Crippen LogP contribution in [0.15, 0.2) is 5.16 Å². The lowest BCUT2D eigenvalue weighted by molar-refractivity contribution is 0.367. The molecule has 4 heteroatoms. The molecule has 1 fully saturated rings. The van der Waals surface area contributed by atoms with E-state index in [1.807, 2.05) is 11.8 Å². The smallest absolute Gasteiger partial charge is 0.187 e. The Morgan fingerprint density at radius 2 is 1.72 bits per heavy atom. The van der Waals surface area contributed by atoms with E-state index in [9.17, 15) is 0 Å². The van der Waals surface area contributed by atoms with E-state index in [1.165, 1.54) is 37.9 Å². The van der Waals surface area contributed by atoms with E-state index < -0.39 is 0 Å². The van der Waals surface area contributed by atoms with E-state index in [4.69, 9.17) is 0 Å². The predicted octanol–water partition coefficient (Wildman–Crippen LogP) is 2.88. The van der Waals surface area contributed by atoms with Crippen LogP contribution in [0.1, 0.15) is 36.2 Å². The summed E-state index contributed by atoms with van der Waals surface area (Å²) in [6.07, 6.45) is 3.95. The van der Waals surface area contributed by atoms with Gasteiger partial charge in [0.25, 0.3) is 0 Å². The molecule has 1 aromatic rings. The summed E-state index contributed by atoms with van der Waals surface area (Å²) in [7, 11) is 0. The van der Waals surface area contributed by atoms with Crippen molar-refractivity contribution in [2.24, 2.45) is 5.92 Å². The van der Waals surface area contributed by atoms with Crippen molar-refractivity contribution in [2.45, 2.75) is 45.2 Å². The molecule has 0 spiro atoms. The Morgan fingerprint density at radius 3 is 2.33 bits per heavy atom. The minimum absolute atomic E-state index is 0.895. The lowest BCUT2D eigenvalue weighted by Crippen LogP contribution is -2.27. The van der Waals surface area contributed by atoms with Crippen molar-refractivity contribution in [3.8, 4) is 0 Å². The van der Waals surface area contributed by atoms with E-state index in [0.717, 1.165) is 28.2 Å². The second-order valence-corrected chi connectivity index (χ2v) is 6.19. The Morgan fingerprint density at radius 1 is 1.11 bits per heavy atom. The van der Waals surface area contributed by atoms with Gasteiger partial charge in [0.15, 0.2) is 5.16 Å². The fraction of sp³-hybridized carbons (Fsp3) is 0.714. The maximum Gasteiger partial charge on any atom is 0.187 e. The largest absolute Gasteiger partial charge is 0.317 e. The number of aryl methyl sites for hydroxylation is 2. The van der Waals surface area contributed by atoms with Gasteiger partial charge < -0.3 is 5.32 Å². The number of thioether (sulfide) groups is 1. The molecule has 1 aromatic heterocycles. The second-order valence-electron chi connectivity index (χ2n) is 5.13. The van der Waals surface area contributed by atoms with E-state index in [2.05, 4.69) is 36.1 Å². The van der Waals surface area contributed by atoms with Gasteiger partial charge in [0.1, 0.15) is 0 Å². The highest BCUT2D eigenvalue weighted by molar-refractivity contribution is 7.99. The molecular formula is C14H23N3S. The molecule has 1 aliphatic heterocycles. The predicted molar refractivity (Wildman–Crippen MR) is 77.2 cm³/mol. The van der Waals surface area contributed by atoms with Crippen molar-refractivity contribution in [3.63, 3.8) is 0 Å². The first-order valence-electron chi connectivity index (χ1n) is 6.82. The van der Waals surface area contributed by atoms with E-state index in [-0.39, 0.29) is 0 Å². The van der Waals surface area contributed by atoms with Gasteiger partial charge in [-0.3, -0.25) is 0 Å². The number of nitrogens with one attached hydrogen (secondary N) is 1. The molecular weight excluding hydrogens is 242 g/mol. The number of piperidine rings is 1. The Kier molecular flexibility index (Phi) is 5.01. The van der Waals surface area contributed by atoms with Gasteiger partial charge in [-0.15, -0.1) is 0 Å². The number of hydrogen-bond donors (Lipinski definition) is 1.